The summed E-state index contributed by atoms with van der Waals surface area (Å²) in [7, 11) is 0. The molecule has 0 saturated heterocycles. The van der Waals surface area contributed by atoms with Gasteiger partial charge in [-0.2, -0.15) is 0 Å². The molecular formula is C12H13NO3. The monoisotopic (exact) mass is 219 g/mol. The van der Waals surface area contributed by atoms with Gasteiger partial charge in [0.05, 0.1) is 18.8 Å². The van der Waals surface area contributed by atoms with Crippen LogP contribution in [0.4, 0.5) is 0 Å². The Labute approximate surface area is 93.5 Å². The van der Waals surface area contributed by atoms with Crippen LogP contribution in [0, 0.1) is 0 Å². The highest BCUT2D eigenvalue weighted by atomic mass is 16.5. The van der Waals surface area contributed by atoms with Crippen molar-refractivity contribution in [2.24, 2.45) is 0 Å². The highest BCUT2D eigenvalue weighted by Gasteiger charge is 2.10. The van der Waals surface area contributed by atoms with E-state index in [2.05, 4.69) is 5.16 Å². The molecule has 0 unspecified atom stereocenters. The van der Waals surface area contributed by atoms with Gasteiger partial charge < -0.3 is 14.4 Å². The Bertz CT molecular complexity index is 465. The topological polar surface area (TPSA) is 55.5 Å². The Morgan fingerprint density at radius 2 is 2.19 bits per heavy atom. The maximum Gasteiger partial charge on any atom is 0.170 e. The van der Waals surface area contributed by atoms with E-state index in [1.165, 1.54) is 0 Å². The number of aliphatic hydroxyl groups excluding tert-OH is 1. The fourth-order valence-corrected chi connectivity index (χ4v) is 1.46. The lowest BCUT2D eigenvalue weighted by atomic mass is 10.1. The smallest absolute Gasteiger partial charge is 0.170 e. The molecule has 0 atom stereocenters. The number of aliphatic hydroxyl groups is 1. The average molecular weight is 219 g/mol. The number of hydrogen-bond donors (Lipinski definition) is 1. The minimum atomic E-state index is -0.125. The highest BCUT2D eigenvalue weighted by Crippen LogP contribution is 2.30. The maximum atomic E-state index is 8.92. The van der Waals surface area contributed by atoms with Gasteiger partial charge in [0.25, 0.3) is 0 Å². The van der Waals surface area contributed by atoms with Crippen LogP contribution in [0.2, 0.25) is 0 Å². The van der Waals surface area contributed by atoms with Crippen molar-refractivity contribution in [3.63, 3.8) is 0 Å². The zero-order chi connectivity index (χ0) is 11.4. The second-order valence-electron chi connectivity index (χ2n) is 3.27. The summed E-state index contributed by atoms with van der Waals surface area (Å²) < 4.78 is 10.6. The molecule has 0 aliphatic heterocycles. The molecule has 0 saturated carbocycles. The SMILES string of the molecule is CCOc1ccccc1-c1cc(CO)no1. The van der Waals surface area contributed by atoms with Crippen molar-refractivity contribution >= 4 is 0 Å². The van der Waals surface area contributed by atoms with E-state index in [9.17, 15) is 0 Å². The predicted molar refractivity (Wildman–Crippen MR) is 59.0 cm³/mol. The lowest BCUT2D eigenvalue weighted by Gasteiger charge is -2.06. The standard InChI is InChI=1S/C12H13NO3/c1-2-15-11-6-4-3-5-10(11)12-7-9(8-14)13-16-12/h3-7,14H,2,8H2,1H3. The van der Waals surface area contributed by atoms with Gasteiger partial charge in [-0.1, -0.05) is 17.3 Å². The fraction of sp³-hybridized carbons (Fsp3) is 0.250. The largest absolute Gasteiger partial charge is 0.493 e. The molecule has 0 aliphatic carbocycles. The second-order valence-corrected chi connectivity index (χ2v) is 3.27. The van der Waals surface area contributed by atoms with Crippen molar-refractivity contribution in [1.29, 1.82) is 0 Å². The summed E-state index contributed by atoms with van der Waals surface area (Å²) in [5.41, 5.74) is 1.36. The van der Waals surface area contributed by atoms with Gasteiger partial charge in [-0.3, -0.25) is 0 Å². The summed E-state index contributed by atoms with van der Waals surface area (Å²) >= 11 is 0. The van der Waals surface area contributed by atoms with Gasteiger partial charge in [0.1, 0.15) is 11.4 Å². The lowest BCUT2D eigenvalue weighted by molar-refractivity contribution is 0.267. The molecule has 0 radical (unpaired) electrons. The molecule has 84 valence electrons. The Kier molecular flexibility index (Phi) is 3.22. The maximum absolute atomic E-state index is 8.92. The molecule has 0 fully saturated rings. The fourth-order valence-electron chi connectivity index (χ4n) is 1.46. The lowest BCUT2D eigenvalue weighted by Crippen LogP contribution is -1.93. The molecule has 4 nitrogen and oxygen atoms in total. The molecular weight excluding hydrogens is 206 g/mol. The van der Waals surface area contributed by atoms with E-state index in [0.717, 1.165) is 11.3 Å². The number of rotatable bonds is 4. The zero-order valence-corrected chi connectivity index (χ0v) is 9.01. The number of para-hydroxylation sites is 1. The molecule has 1 heterocycles. The normalized spacial score (nSPS) is 10.4. The van der Waals surface area contributed by atoms with E-state index < -0.39 is 0 Å². The third kappa shape index (κ3) is 2.06. The van der Waals surface area contributed by atoms with Crippen LogP contribution in [0.3, 0.4) is 0 Å². The minimum Gasteiger partial charge on any atom is -0.493 e. The van der Waals surface area contributed by atoms with Crippen molar-refractivity contribution in [2.75, 3.05) is 6.61 Å². The van der Waals surface area contributed by atoms with Gasteiger partial charge in [-0.25, -0.2) is 0 Å². The van der Waals surface area contributed by atoms with Crippen LogP contribution >= 0.6 is 0 Å². The Balaban J connectivity index is 2.38. The number of aromatic nitrogens is 1. The van der Waals surface area contributed by atoms with Gasteiger partial charge in [0.2, 0.25) is 0 Å². The molecule has 1 aromatic heterocycles. The van der Waals surface area contributed by atoms with Crippen LogP contribution in [-0.2, 0) is 6.61 Å². The summed E-state index contributed by atoms with van der Waals surface area (Å²) in [5, 5.41) is 12.6. The van der Waals surface area contributed by atoms with Gasteiger partial charge in [0, 0.05) is 6.07 Å². The summed E-state index contributed by atoms with van der Waals surface area (Å²) in [5.74, 6) is 1.36. The molecule has 2 aromatic rings. The predicted octanol–water partition coefficient (Wildman–Crippen LogP) is 2.23. The second kappa shape index (κ2) is 4.81. The molecule has 1 N–H and O–H groups in total. The summed E-state index contributed by atoms with van der Waals surface area (Å²) in [6, 6.07) is 9.28. The Morgan fingerprint density at radius 3 is 2.88 bits per heavy atom. The van der Waals surface area contributed by atoms with Gasteiger partial charge >= 0.3 is 0 Å². The third-order valence-corrected chi connectivity index (χ3v) is 2.17. The summed E-state index contributed by atoms with van der Waals surface area (Å²) in [4.78, 5) is 0. The molecule has 0 spiro atoms. The van der Waals surface area contributed by atoms with E-state index in [-0.39, 0.29) is 6.61 Å². The summed E-state index contributed by atoms with van der Waals surface area (Å²) in [6.07, 6.45) is 0. The molecule has 0 amide bonds. The van der Waals surface area contributed by atoms with E-state index in [4.69, 9.17) is 14.4 Å². The van der Waals surface area contributed by atoms with Crippen molar-refractivity contribution in [2.45, 2.75) is 13.5 Å². The first-order valence-electron chi connectivity index (χ1n) is 5.13. The molecule has 16 heavy (non-hydrogen) atoms. The van der Waals surface area contributed by atoms with Crippen LogP contribution in [0.5, 0.6) is 5.75 Å². The van der Waals surface area contributed by atoms with Gasteiger partial charge in [-0.05, 0) is 19.1 Å². The van der Waals surface area contributed by atoms with Crippen molar-refractivity contribution in [3.8, 4) is 17.1 Å². The van der Waals surface area contributed by atoms with Crippen molar-refractivity contribution in [3.05, 3.63) is 36.0 Å². The van der Waals surface area contributed by atoms with Gasteiger partial charge in [-0.15, -0.1) is 0 Å². The minimum absolute atomic E-state index is 0.125. The van der Waals surface area contributed by atoms with Crippen LogP contribution in [0.15, 0.2) is 34.9 Å². The number of nitrogens with zero attached hydrogens (tertiary/aromatic N) is 1. The Hall–Kier alpha value is -1.81. The highest BCUT2D eigenvalue weighted by molar-refractivity contribution is 5.65. The number of hydrogen-bond acceptors (Lipinski definition) is 4. The Morgan fingerprint density at radius 1 is 1.38 bits per heavy atom. The number of benzene rings is 1. The molecule has 2 rings (SSSR count). The molecule has 0 aliphatic rings. The average Bonchev–Trinajstić information content (AvgIpc) is 2.79. The van der Waals surface area contributed by atoms with Crippen molar-refractivity contribution in [1.82, 2.24) is 5.16 Å². The van der Waals surface area contributed by atoms with Crippen LogP contribution in [-0.4, -0.2) is 16.9 Å². The van der Waals surface area contributed by atoms with E-state index in [0.29, 0.717) is 18.1 Å². The van der Waals surface area contributed by atoms with E-state index in [1.807, 2.05) is 31.2 Å². The van der Waals surface area contributed by atoms with Crippen LogP contribution in [0.25, 0.3) is 11.3 Å². The van der Waals surface area contributed by atoms with Crippen molar-refractivity contribution < 1.29 is 14.4 Å². The first-order chi connectivity index (χ1) is 7.85. The first-order valence-corrected chi connectivity index (χ1v) is 5.13. The van der Waals surface area contributed by atoms with E-state index in [1.54, 1.807) is 6.07 Å². The summed E-state index contributed by atoms with van der Waals surface area (Å²) in [6.45, 7) is 2.40. The number of ether oxygens (including phenoxy) is 1. The molecule has 1 aromatic carbocycles. The van der Waals surface area contributed by atoms with Crippen LogP contribution < -0.4 is 4.74 Å². The third-order valence-electron chi connectivity index (χ3n) is 2.17. The van der Waals surface area contributed by atoms with Gasteiger partial charge in [0.15, 0.2) is 5.76 Å². The molecule has 4 heteroatoms. The quantitative estimate of drug-likeness (QED) is 0.856. The van der Waals surface area contributed by atoms with Crippen LogP contribution in [0.1, 0.15) is 12.6 Å². The first kappa shape index (κ1) is 10.7. The van der Waals surface area contributed by atoms with E-state index >= 15 is 0 Å². The zero-order valence-electron chi connectivity index (χ0n) is 9.01. The molecule has 0 bridgehead atoms.